The summed E-state index contributed by atoms with van der Waals surface area (Å²) in [5.74, 6) is -1.02. The van der Waals surface area contributed by atoms with Gasteiger partial charge in [-0.2, -0.15) is 0 Å². The Labute approximate surface area is 162 Å². The van der Waals surface area contributed by atoms with Gasteiger partial charge >= 0.3 is 0 Å². The van der Waals surface area contributed by atoms with E-state index in [1.54, 1.807) is 41.3 Å². The highest BCUT2D eigenvalue weighted by Crippen LogP contribution is 2.32. The number of nitrogens with zero attached hydrogens (tertiary/aromatic N) is 2. The fraction of sp³-hybridized carbons (Fsp3) is 0.318. The first kappa shape index (κ1) is 18.3. The first-order valence-corrected chi connectivity index (χ1v) is 9.38. The van der Waals surface area contributed by atoms with E-state index in [0.29, 0.717) is 16.7 Å². The van der Waals surface area contributed by atoms with Crippen molar-refractivity contribution in [3.8, 4) is 0 Å². The first-order valence-electron chi connectivity index (χ1n) is 9.38. The minimum absolute atomic E-state index is 0.0952. The zero-order valence-corrected chi connectivity index (χ0v) is 15.7. The molecule has 0 N–H and O–H groups in total. The van der Waals surface area contributed by atoms with Gasteiger partial charge < -0.3 is 4.90 Å². The van der Waals surface area contributed by atoms with Crippen molar-refractivity contribution in [3.63, 3.8) is 0 Å². The summed E-state index contributed by atoms with van der Waals surface area (Å²) in [5.41, 5.74) is 0.611. The van der Waals surface area contributed by atoms with Gasteiger partial charge in [0.2, 0.25) is 0 Å². The van der Waals surface area contributed by atoms with Crippen LogP contribution in [-0.2, 0) is 0 Å². The summed E-state index contributed by atoms with van der Waals surface area (Å²) in [6, 6.07) is 13.8. The highest BCUT2D eigenvalue weighted by Gasteiger charge is 2.44. The third-order valence-corrected chi connectivity index (χ3v) is 5.56. The van der Waals surface area contributed by atoms with Crippen molar-refractivity contribution >= 4 is 17.7 Å². The number of halogens is 1. The Kier molecular flexibility index (Phi) is 4.49. The predicted octanol–water partition coefficient (Wildman–Crippen LogP) is 3.24. The standard InChI is InChI=1S/C22H21FN2O3/c1-15-6-8-16(9-7-15)19(26)24-12-10-22(23,11-13-24)14-25-20(27)17-4-2-3-5-18(17)21(25)28/h2-9H,10-14H2,1H3. The molecular weight excluding hydrogens is 359 g/mol. The van der Waals surface area contributed by atoms with Crippen LogP contribution in [0.2, 0.25) is 0 Å². The topological polar surface area (TPSA) is 57.7 Å². The van der Waals surface area contributed by atoms with Crippen LogP contribution in [-0.4, -0.2) is 52.8 Å². The molecule has 0 saturated carbocycles. The lowest BCUT2D eigenvalue weighted by atomic mass is 9.92. The lowest BCUT2D eigenvalue weighted by molar-refractivity contribution is 0.0215. The van der Waals surface area contributed by atoms with Crippen LogP contribution in [0.1, 0.15) is 49.5 Å². The molecule has 0 unspecified atom stereocenters. The van der Waals surface area contributed by atoms with E-state index in [0.717, 1.165) is 10.5 Å². The van der Waals surface area contributed by atoms with Gasteiger partial charge in [-0.3, -0.25) is 19.3 Å². The van der Waals surface area contributed by atoms with E-state index < -0.39 is 17.5 Å². The fourth-order valence-corrected chi connectivity index (χ4v) is 3.81. The number of fused-ring (bicyclic) bond motifs is 1. The second kappa shape index (κ2) is 6.86. The van der Waals surface area contributed by atoms with Crippen LogP contribution < -0.4 is 0 Å². The first-order chi connectivity index (χ1) is 13.4. The van der Waals surface area contributed by atoms with Crippen LogP contribution in [0.5, 0.6) is 0 Å². The SMILES string of the molecule is Cc1ccc(C(=O)N2CCC(F)(CN3C(=O)c4ccccc4C3=O)CC2)cc1. The molecule has 0 atom stereocenters. The van der Waals surface area contributed by atoms with Crippen LogP contribution in [0.3, 0.4) is 0 Å². The van der Waals surface area contributed by atoms with Crippen LogP contribution in [0, 0.1) is 6.92 Å². The maximum Gasteiger partial charge on any atom is 0.261 e. The molecule has 28 heavy (non-hydrogen) atoms. The number of carbonyl (C=O) groups is 3. The number of rotatable bonds is 3. The maximum absolute atomic E-state index is 15.4. The maximum atomic E-state index is 15.4. The molecule has 0 spiro atoms. The van der Waals surface area contributed by atoms with Gasteiger partial charge in [0.15, 0.2) is 0 Å². The van der Waals surface area contributed by atoms with Crippen molar-refractivity contribution in [2.45, 2.75) is 25.4 Å². The number of hydrogen-bond donors (Lipinski definition) is 0. The molecule has 2 aromatic rings. The molecule has 0 bridgehead atoms. The van der Waals surface area contributed by atoms with Crippen molar-refractivity contribution in [1.29, 1.82) is 0 Å². The van der Waals surface area contributed by atoms with E-state index >= 15 is 4.39 Å². The number of imide groups is 1. The van der Waals surface area contributed by atoms with Crippen LogP contribution in [0.4, 0.5) is 4.39 Å². The Balaban J connectivity index is 1.42. The van der Waals surface area contributed by atoms with E-state index in [9.17, 15) is 14.4 Å². The number of amides is 3. The highest BCUT2D eigenvalue weighted by molar-refractivity contribution is 6.21. The lowest BCUT2D eigenvalue weighted by Crippen LogP contribution is -2.50. The zero-order valence-electron chi connectivity index (χ0n) is 15.7. The number of alkyl halides is 1. The molecule has 2 aliphatic heterocycles. The normalized spacial score (nSPS) is 18.4. The van der Waals surface area contributed by atoms with Gasteiger partial charge in [-0.05, 0) is 31.2 Å². The van der Waals surface area contributed by atoms with Crippen LogP contribution >= 0.6 is 0 Å². The number of likely N-dealkylation sites (tertiary alicyclic amines) is 1. The van der Waals surface area contributed by atoms with Gasteiger partial charge in [0, 0.05) is 31.5 Å². The van der Waals surface area contributed by atoms with Gasteiger partial charge in [0.25, 0.3) is 17.7 Å². The van der Waals surface area contributed by atoms with Crippen molar-refractivity contribution in [2.75, 3.05) is 19.6 Å². The Morgan fingerprint density at radius 1 is 0.964 bits per heavy atom. The second-order valence-electron chi connectivity index (χ2n) is 7.55. The van der Waals surface area contributed by atoms with Gasteiger partial charge in [0.05, 0.1) is 17.7 Å². The highest BCUT2D eigenvalue weighted by atomic mass is 19.1. The molecule has 5 nitrogen and oxygen atoms in total. The third-order valence-electron chi connectivity index (χ3n) is 5.56. The Hall–Kier alpha value is -3.02. The lowest BCUT2D eigenvalue weighted by Gasteiger charge is -2.38. The van der Waals surface area contributed by atoms with Crippen LogP contribution in [0.15, 0.2) is 48.5 Å². The van der Waals surface area contributed by atoms with Gasteiger partial charge in [-0.25, -0.2) is 4.39 Å². The quantitative estimate of drug-likeness (QED) is 0.768. The molecular formula is C22H21FN2O3. The molecule has 2 aromatic carbocycles. The summed E-state index contributed by atoms with van der Waals surface area (Å²) in [6.45, 7) is 2.19. The van der Waals surface area contributed by atoms with Crippen molar-refractivity contribution in [3.05, 3.63) is 70.8 Å². The molecule has 144 valence electrons. The third kappa shape index (κ3) is 3.19. The van der Waals surface area contributed by atoms with Crippen molar-refractivity contribution < 1.29 is 18.8 Å². The van der Waals surface area contributed by atoms with E-state index in [-0.39, 0.29) is 38.4 Å². The number of hydrogen-bond acceptors (Lipinski definition) is 3. The molecule has 2 aliphatic rings. The zero-order chi connectivity index (χ0) is 19.9. The van der Waals surface area contributed by atoms with Crippen molar-refractivity contribution in [2.24, 2.45) is 0 Å². The fourth-order valence-electron chi connectivity index (χ4n) is 3.81. The summed E-state index contributed by atoms with van der Waals surface area (Å²) >= 11 is 0. The van der Waals surface area contributed by atoms with E-state index in [4.69, 9.17) is 0 Å². The molecule has 3 amide bonds. The van der Waals surface area contributed by atoms with Crippen molar-refractivity contribution in [1.82, 2.24) is 9.80 Å². The van der Waals surface area contributed by atoms with Gasteiger partial charge in [-0.15, -0.1) is 0 Å². The minimum Gasteiger partial charge on any atom is -0.338 e. The summed E-state index contributed by atoms with van der Waals surface area (Å²) in [7, 11) is 0. The Morgan fingerprint density at radius 3 is 2.04 bits per heavy atom. The molecule has 1 fully saturated rings. The number of carbonyl (C=O) groups excluding carboxylic acids is 3. The van der Waals surface area contributed by atoms with E-state index in [1.807, 2.05) is 19.1 Å². The second-order valence-corrected chi connectivity index (χ2v) is 7.55. The predicted molar refractivity (Wildman–Crippen MR) is 102 cm³/mol. The molecule has 2 heterocycles. The average Bonchev–Trinajstić information content (AvgIpc) is 2.94. The smallest absolute Gasteiger partial charge is 0.261 e. The average molecular weight is 380 g/mol. The Bertz CT molecular complexity index is 912. The van der Waals surface area contributed by atoms with Gasteiger partial charge in [-0.1, -0.05) is 29.8 Å². The molecule has 4 rings (SSSR count). The van der Waals surface area contributed by atoms with Crippen LogP contribution in [0.25, 0.3) is 0 Å². The summed E-state index contributed by atoms with van der Waals surface area (Å²) < 4.78 is 15.4. The van der Waals surface area contributed by atoms with E-state index in [1.165, 1.54) is 0 Å². The van der Waals surface area contributed by atoms with Gasteiger partial charge in [0.1, 0.15) is 5.67 Å². The molecule has 1 saturated heterocycles. The largest absolute Gasteiger partial charge is 0.338 e. The molecule has 0 aromatic heterocycles. The summed E-state index contributed by atoms with van der Waals surface area (Å²) in [6.07, 6.45) is 0.190. The van der Waals surface area contributed by atoms with E-state index in [2.05, 4.69) is 0 Å². The monoisotopic (exact) mass is 380 g/mol. The summed E-state index contributed by atoms with van der Waals surface area (Å²) in [4.78, 5) is 40.2. The molecule has 6 heteroatoms. The Morgan fingerprint density at radius 2 is 1.50 bits per heavy atom. The number of piperidine rings is 1. The molecule has 0 radical (unpaired) electrons. The summed E-state index contributed by atoms with van der Waals surface area (Å²) in [5, 5.41) is 0. The number of aryl methyl sites for hydroxylation is 1. The minimum atomic E-state index is -1.68. The number of benzene rings is 2. The molecule has 0 aliphatic carbocycles.